The van der Waals surface area contributed by atoms with Crippen LogP contribution in [0.25, 0.3) is 0 Å². The normalized spacial score (nSPS) is 17.4. The second-order valence-electron chi connectivity index (χ2n) is 23.3. The minimum atomic E-state index is -2.01. The third-order valence-corrected chi connectivity index (χ3v) is 15.8. The van der Waals surface area contributed by atoms with E-state index in [0.29, 0.717) is 17.9 Å². The van der Waals surface area contributed by atoms with Crippen LogP contribution in [0.3, 0.4) is 0 Å². The van der Waals surface area contributed by atoms with Crippen molar-refractivity contribution in [1.29, 1.82) is 0 Å². The van der Waals surface area contributed by atoms with Gasteiger partial charge in [0.05, 0.1) is 0 Å². The lowest BCUT2D eigenvalue weighted by Gasteiger charge is -2.40. The zero-order chi connectivity index (χ0) is 50.6. The van der Waals surface area contributed by atoms with Gasteiger partial charge >= 0.3 is 36.3 Å². The van der Waals surface area contributed by atoms with Gasteiger partial charge in [-0.1, -0.05) is 20.8 Å². The van der Waals surface area contributed by atoms with E-state index < -0.39 is 78.1 Å². The summed E-state index contributed by atoms with van der Waals surface area (Å²) in [5, 5.41) is 9.36. The summed E-state index contributed by atoms with van der Waals surface area (Å²) in [6.07, 6.45) is 3.45. The molecule has 0 bridgehead atoms. The molecule has 378 valence electrons. The Morgan fingerprint density at radius 1 is 0.492 bits per heavy atom. The molecule has 2 aliphatic rings. The predicted molar refractivity (Wildman–Crippen MR) is 251 cm³/mol. The summed E-state index contributed by atoms with van der Waals surface area (Å²) in [4.78, 5) is 81.0. The van der Waals surface area contributed by atoms with Crippen LogP contribution in [0.4, 0.5) is 19.2 Å². The van der Waals surface area contributed by atoms with Gasteiger partial charge in [0.1, 0.15) is 34.6 Å². The first-order chi connectivity index (χ1) is 29.3. The fourth-order valence-corrected chi connectivity index (χ4v) is 7.84. The average molecular weight is 945 g/mol. The molecule has 2 atom stereocenters. The molecule has 17 heteroatoms. The fraction of sp³-hybridized carbons (Fsp3) is 0.875. The third-order valence-electron chi connectivity index (χ3n) is 11.2. The molecular formula is C48H88N2O14Si. The fourth-order valence-electron chi connectivity index (χ4n) is 6.75. The Morgan fingerprint density at radius 2 is 0.769 bits per heavy atom. The van der Waals surface area contributed by atoms with Gasteiger partial charge in [0.2, 0.25) is 0 Å². The first-order valence-corrected chi connectivity index (χ1v) is 26.4. The number of amides is 4. The van der Waals surface area contributed by atoms with E-state index in [1.807, 2.05) is 0 Å². The van der Waals surface area contributed by atoms with Crippen molar-refractivity contribution >= 4 is 44.6 Å². The van der Waals surface area contributed by atoms with Gasteiger partial charge in [0, 0.05) is 13.2 Å². The molecule has 2 saturated carbocycles. The maximum Gasteiger partial charge on any atom is 0.420 e. The summed E-state index contributed by atoms with van der Waals surface area (Å²) in [5.41, 5.74) is -6.81. The summed E-state index contributed by atoms with van der Waals surface area (Å²) in [6, 6.07) is 0. The van der Waals surface area contributed by atoms with E-state index in [-0.39, 0.29) is 43.1 Å². The SMILES string of the molecule is CC(C)(C)OC(=O)N(C(=O)OC(C)(C)C)[C@@](C)(CCCO)C(=O)OC1CCCC1.CC(C)(C)OC(=O)N(C(=O)OC(C)(C)C)[C@@](C)(CCCO[Si](C)(C)C(C)(C)C)C(=O)OC1CCCC1. The van der Waals surface area contributed by atoms with Gasteiger partial charge in [-0.15, -0.1) is 0 Å². The molecule has 0 saturated heterocycles. The van der Waals surface area contributed by atoms with Crippen molar-refractivity contribution in [3.63, 3.8) is 0 Å². The number of carbonyl (C=O) groups excluding carboxylic acids is 6. The highest BCUT2D eigenvalue weighted by atomic mass is 28.4. The molecule has 0 aromatic carbocycles. The Kier molecular flexibility index (Phi) is 21.6. The minimum Gasteiger partial charge on any atom is -0.461 e. The highest BCUT2D eigenvalue weighted by Gasteiger charge is 2.52. The summed E-state index contributed by atoms with van der Waals surface area (Å²) in [7, 11) is -2.01. The Balaban J connectivity index is 0.000000665. The van der Waals surface area contributed by atoms with Crippen molar-refractivity contribution in [2.75, 3.05) is 13.2 Å². The Morgan fingerprint density at radius 3 is 1.02 bits per heavy atom. The number of hydrogen-bond donors (Lipinski definition) is 1. The van der Waals surface area contributed by atoms with E-state index in [2.05, 4.69) is 33.9 Å². The second-order valence-corrected chi connectivity index (χ2v) is 28.1. The van der Waals surface area contributed by atoms with E-state index in [0.717, 1.165) is 56.3 Å². The van der Waals surface area contributed by atoms with E-state index >= 15 is 0 Å². The summed E-state index contributed by atoms with van der Waals surface area (Å²) >= 11 is 0. The lowest BCUT2D eigenvalue weighted by Crippen LogP contribution is -2.60. The van der Waals surface area contributed by atoms with Gasteiger partial charge in [-0.3, -0.25) is 0 Å². The smallest absolute Gasteiger partial charge is 0.420 e. The van der Waals surface area contributed by atoms with E-state index in [1.165, 1.54) is 6.92 Å². The number of imide groups is 2. The molecule has 16 nitrogen and oxygen atoms in total. The zero-order valence-electron chi connectivity index (χ0n) is 43.7. The van der Waals surface area contributed by atoms with Crippen LogP contribution in [0.15, 0.2) is 0 Å². The lowest BCUT2D eigenvalue weighted by molar-refractivity contribution is -0.163. The number of esters is 2. The molecule has 0 radical (unpaired) electrons. The van der Waals surface area contributed by atoms with Crippen LogP contribution in [0.2, 0.25) is 18.1 Å². The number of nitrogens with zero attached hydrogens (tertiary/aromatic N) is 2. The minimum absolute atomic E-state index is 0.0214. The molecule has 0 heterocycles. The van der Waals surface area contributed by atoms with Crippen LogP contribution in [0.5, 0.6) is 0 Å². The molecule has 4 amide bonds. The number of rotatable bonds is 14. The van der Waals surface area contributed by atoms with Crippen molar-refractivity contribution < 1.29 is 66.7 Å². The molecule has 2 fully saturated rings. The lowest BCUT2D eigenvalue weighted by atomic mass is 9.94. The molecule has 0 aromatic heterocycles. The molecule has 0 aromatic rings. The summed E-state index contributed by atoms with van der Waals surface area (Å²) in [5.74, 6) is -1.33. The van der Waals surface area contributed by atoms with E-state index in [4.69, 9.17) is 32.8 Å². The monoisotopic (exact) mass is 945 g/mol. The maximum absolute atomic E-state index is 13.6. The van der Waals surface area contributed by atoms with Crippen molar-refractivity contribution in [2.45, 2.75) is 259 Å². The molecule has 0 spiro atoms. The first-order valence-electron chi connectivity index (χ1n) is 23.5. The zero-order valence-corrected chi connectivity index (χ0v) is 44.7. The van der Waals surface area contributed by atoms with Crippen LogP contribution in [-0.2, 0) is 42.4 Å². The molecule has 0 unspecified atom stereocenters. The highest BCUT2D eigenvalue weighted by Crippen LogP contribution is 2.38. The van der Waals surface area contributed by atoms with Crippen LogP contribution in [-0.4, -0.2) is 118 Å². The number of aliphatic hydroxyl groups is 1. The molecule has 0 aliphatic heterocycles. The van der Waals surface area contributed by atoms with E-state index in [9.17, 15) is 33.9 Å². The quantitative estimate of drug-likeness (QED) is 0.0748. The summed E-state index contributed by atoms with van der Waals surface area (Å²) in [6.45, 7) is 34.3. The summed E-state index contributed by atoms with van der Waals surface area (Å²) < 4.78 is 39.7. The van der Waals surface area contributed by atoms with Crippen molar-refractivity contribution in [3.8, 4) is 0 Å². The van der Waals surface area contributed by atoms with Gasteiger partial charge in [-0.05, 0) is 192 Å². The van der Waals surface area contributed by atoms with Crippen molar-refractivity contribution in [3.05, 3.63) is 0 Å². The Labute approximate surface area is 391 Å². The highest BCUT2D eigenvalue weighted by molar-refractivity contribution is 6.74. The molecular weight excluding hydrogens is 857 g/mol. The third kappa shape index (κ3) is 20.1. The predicted octanol–water partition coefficient (Wildman–Crippen LogP) is 11.4. The van der Waals surface area contributed by atoms with Crippen LogP contribution < -0.4 is 0 Å². The average Bonchev–Trinajstić information content (AvgIpc) is 3.81. The largest absolute Gasteiger partial charge is 0.461 e. The Bertz CT molecular complexity index is 1530. The number of aliphatic hydroxyl groups excluding tert-OH is 1. The van der Waals surface area contributed by atoms with Gasteiger partial charge < -0.3 is 38.0 Å². The molecule has 2 aliphatic carbocycles. The van der Waals surface area contributed by atoms with Crippen LogP contribution in [0.1, 0.15) is 195 Å². The second kappa shape index (κ2) is 23.5. The number of hydrogen-bond acceptors (Lipinski definition) is 14. The van der Waals surface area contributed by atoms with Gasteiger partial charge in [-0.25, -0.2) is 28.8 Å². The van der Waals surface area contributed by atoms with Gasteiger partial charge in [0.15, 0.2) is 19.4 Å². The van der Waals surface area contributed by atoms with Crippen molar-refractivity contribution in [2.24, 2.45) is 0 Å². The van der Waals surface area contributed by atoms with Crippen LogP contribution >= 0.6 is 0 Å². The number of ether oxygens (including phenoxy) is 6. The first kappa shape index (κ1) is 59.6. The van der Waals surface area contributed by atoms with Gasteiger partial charge in [0.25, 0.3) is 0 Å². The van der Waals surface area contributed by atoms with Crippen molar-refractivity contribution in [1.82, 2.24) is 9.80 Å². The van der Waals surface area contributed by atoms with Crippen LogP contribution in [0, 0.1) is 0 Å². The topological polar surface area (TPSA) is 194 Å². The maximum atomic E-state index is 13.6. The Hall–Kier alpha value is -3.44. The van der Waals surface area contributed by atoms with Gasteiger partial charge in [-0.2, -0.15) is 9.80 Å². The van der Waals surface area contributed by atoms with E-state index in [1.54, 1.807) is 90.0 Å². The number of carbonyl (C=O) groups is 6. The molecule has 2 rings (SSSR count). The standard InChI is InChI=1S/C27H51NO7Si.C21H37NO7/c1-24(2,3)34-22(30)28(23(31)35-25(4,5)6)27(10,21(29)33-20-16-13-14-17-20)18-15-19-32-36(11,12)26(7,8)9;1-19(2,3)28-17(25)22(18(26)29-20(4,5)6)21(7,13-10-14-23)16(24)27-15-11-8-9-12-15/h20H,13-19H2,1-12H3;15,23H,8-14H2,1-7H3/t27-;21-/m00/s1. The molecule has 1 N–H and O–H groups in total. The molecule has 65 heavy (non-hydrogen) atoms.